The van der Waals surface area contributed by atoms with Crippen molar-refractivity contribution < 1.29 is 24.2 Å². The molecule has 1 aliphatic rings. The van der Waals surface area contributed by atoms with E-state index in [1.54, 1.807) is 30.4 Å². The fraction of sp³-hybridized carbons (Fsp3) is 0.312. The molecule has 0 aromatic heterocycles. The van der Waals surface area contributed by atoms with Gasteiger partial charge in [-0.15, -0.1) is 0 Å². The topological polar surface area (TPSA) is 95.5 Å². The number of anilines is 1. The maximum atomic E-state index is 12.4. The quantitative estimate of drug-likeness (QED) is 0.654. The Morgan fingerprint density at radius 1 is 1.14 bits per heavy atom. The summed E-state index contributed by atoms with van der Waals surface area (Å²) < 4.78 is 4.66. The van der Waals surface area contributed by atoms with E-state index in [1.165, 1.54) is 13.2 Å². The van der Waals surface area contributed by atoms with Crippen molar-refractivity contribution in [2.45, 2.75) is 12.8 Å². The highest BCUT2D eigenvalue weighted by molar-refractivity contribution is 6.02. The number of aliphatic carboxylic acids is 1. The molecule has 6 nitrogen and oxygen atoms in total. The Morgan fingerprint density at radius 2 is 1.77 bits per heavy atom. The molecular formula is C16H16NO5-. The molecule has 0 radical (unpaired) electrons. The highest BCUT2D eigenvalue weighted by Gasteiger charge is 2.30. The SMILES string of the molecule is COC(=O)c1ccccc1NC(=O)C1CC=CCC1C(=O)[O-]. The maximum absolute atomic E-state index is 12.4. The van der Waals surface area contributed by atoms with Gasteiger partial charge in [-0.1, -0.05) is 24.3 Å². The van der Waals surface area contributed by atoms with Crippen LogP contribution < -0.4 is 10.4 Å². The van der Waals surface area contributed by atoms with Gasteiger partial charge < -0.3 is 20.0 Å². The molecule has 1 amide bonds. The van der Waals surface area contributed by atoms with Crippen LogP contribution in [0.3, 0.4) is 0 Å². The number of carboxylic acids is 1. The third-order valence-corrected chi connectivity index (χ3v) is 3.66. The van der Waals surface area contributed by atoms with Gasteiger partial charge in [0.25, 0.3) is 0 Å². The Bertz CT molecular complexity index is 623. The number of amides is 1. The summed E-state index contributed by atoms with van der Waals surface area (Å²) in [7, 11) is 1.25. The number of carbonyl (C=O) groups excluding carboxylic acids is 3. The predicted octanol–water partition coefficient (Wildman–Crippen LogP) is 0.744. The van der Waals surface area contributed by atoms with Gasteiger partial charge in [0.1, 0.15) is 0 Å². The van der Waals surface area contributed by atoms with Gasteiger partial charge in [0, 0.05) is 11.9 Å². The molecule has 2 unspecified atom stereocenters. The normalized spacial score (nSPS) is 20.2. The first-order chi connectivity index (χ1) is 10.5. The zero-order valence-electron chi connectivity index (χ0n) is 12.1. The Labute approximate surface area is 127 Å². The smallest absolute Gasteiger partial charge is 0.339 e. The van der Waals surface area contributed by atoms with Crippen LogP contribution in [0.4, 0.5) is 5.69 Å². The first-order valence-corrected chi connectivity index (χ1v) is 6.88. The molecule has 0 heterocycles. The van der Waals surface area contributed by atoms with Crippen LogP contribution in [-0.4, -0.2) is 25.0 Å². The second-order valence-corrected chi connectivity index (χ2v) is 5.00. The summed E-state index contributed by atoms with van der Waals surface area (Å²) in [5.74, 6) is -3.85. The molecule has 6 heteroatoms. The second-order valence-electron chi connectivity index (χ2n) is 5.00. The van der Waals surface area contributed by atoms with Gasteiger partial charge >= 0.3 is 5.97 Å². The van der Waals surface area contributed by atoms with E-state index >= 15 is 0 Å². The van der Waals surface area contributed by atoms with Crippen LogP contribution in [0, 0.1) is 11.8 Å². The van der Waals surface area contributed by atoms with Crippen molar-refractivity contribution in [3.8, 4) is 0 Å². The summed E-state index contributed by atoms with van der Waals surface area (Å²) in [6, 6.07) is 6.41. The number of nitrogens with one attached hydrogen (secondary N) is 1. The third-order valence-electron chi connectivity index (χ3n) is 3.66. The van der Waals surface area contributed by atoms with E-state index in [0.29, 0.717) is 12.1 Å². The molecule has 1 aromatic carbocycles. The number of ether oxygens (including phenoxy) is 1. The van der Waals surface area contributed by atoms with Crippen molar-refractivity contribution >= 4 is 23.5 Å². The van der Waals surface area contributed by atoms with E-state index in [4.69, 9.17) is 0 Å². The number of rotatable bonds is 4. The lowest BCUT2D eigenvalue weighted by atomic mass is 9.82. The molecule has 0 aliphatic heterocycles. The molecule has 22 heavy (non-hydrogen) atoms. The van der Waals surface area contributed by atoms with Crippen LogP contribution in [0.15, 0.2) is 36.4 Å². The number of methoxy groups -OCH3 is 1. The summed E-state index contributed by atoms with van der Waals surface area (Å²) >= 11 is 0. The monoisotopic (exact) mass is 302 g/mol. The Kier molecular flexibility index (Phi) is 4.93. The van der Waals surface area contributed by atoms with E-state index in [1.807, 2.05) is 0 Å². The molecule has 1 N–H and O–H groups in total. The van der Waals surface area contributed by atoms with Crippen molar-refractivity contribution in [1.29, 1.82) is 0 Å². The van der Waals surface area contributed by atoms with Crippen molar-refractivity contribution in [1.82, 2.24) is 0 Å². The molecule has 0 saturated heterocycles. The van der Waals surface area contributed by atoms with E-state index in [9.17, 15) is 19.5 Å². The lowest BCUT2D eigenvalue weighted by molar-refractivity contribution is -0.313. The fourth-order valence-electron chi connectivity index (χ4n) is 2.47. The number of esters is 1. The zero-order chi connectivity index (χ0) is 16.1. The first kappa shape index (κ1) is 15.8. The lowest BCUT2D eigenvalue weighted by Crippen LogP contribution is -2.41. The van der Waals surface area contributed by atoms with Crippen molar-refractivity contribution in [3.63, 3.8) is 0 Å². The summed E-state index contributed by atoms with van der Waals surface area (Å²) in [6.45, 7) is 0. The molecular weight excluding hydrogens is 286 g/mol. The predicted molar refractivity (Wildman–Crippen MR) is 76.8 cm³/mol. The Morgan fingerprint density at radius 3 is 2.41 bits per heavy atom. The van der Waals surface area contributed by atoms with Gasteiger partial charge in [0.2, 0.25) is 5.91 Å². The number of carbonyl (C=O) groups is 3. The van der Waals surface area contributed by atoms with Crippen molar-refractivity contribution in [2.75, 3.05) is 12.4 Å². The molecule has 0 spiro atoms. The molecule has 116 valence electrons. The van der Waals surface area contributed by atoms with Crippen LogP contribution in [0.25, 0.3) is 0 Å². The van der Waals surface area contributed by atoms with Crippen molar-refractivity contribution in [3.05, 3.63) is 42.0 Å². The number of benzene rings is 1. The van der Waals surface area contributed by atoms with Crippen LogP contribution in [0.2, 0.25) is 0 Å². The molecule has 0 bridgehead atoms. The summed E-state index contributed by atoms with van der Waals surface area (Å²) in [5, 5.41) is 13.8. The maximum Gasteiger partial charge on any atom is 0.339 e. The second kappa shape index (κ2) is 6.89. The number of hydrogen-bond acceptors (Lipinski definition) is 5. The number of carboxylic acid groups (broad SMARTS) is 1. The Balaban J connectivity index is 2.20. The minimum atomic E-state index is -1.24. The lowest BCUT2D eigenvalue weighted by Gasteiger charge is -2.28. The average Bonchev–Trinajstić information content (AvgIpc) is 2.54. The minimum absolute atomic E-state index is 0.217. The van der Waals surface area contributed by atoms with Crippen LogP contribution in [0.1, 0.15) is 23.2 Å². The van der Waals surface area contributed by atoms with E-state index < -0.39 is 29.7 Å². The molecule has 1 aromatic rings. The van der Waals surface area contributed by atoms with Gasteiger partial charge in [-0.25, -0.2) is 4.79 Å². The minimum Gasteiger partial charge on any atom is -0.550 e. The van der Waals surface area contributed by atoms with Crippen molar-refractivity contribution in [2.24, 2.45) is 11.8 Å². The van der Waals surface area contributed by atoms with Gasteiger partial charge in [-0.3, -0.25) is 4.79 Å². The zero-order valence-corrected chi connectivity index (χ0v) is 12.1. The van der Waals surface area contributed by atoms with Gasteiger partial charge in [0.05, 0.1) is 24.3 Å². The van der Waals surface area contributed by atoms with E-state index in [0.717, 1.165) is 0 Å². The number of para-hydroxylation sites is 1. The molecule has 0 saturated carbocycles. The van der Waals surface area contributed by atoms with E-state index in [-0.39, 0.29) is 12.0 Å². The largest absolute Gasteiger partial charge is 0.550 e. The number of allylic oxidation sites excluding steroid dienone is 2. The molecule has 0 fully saturated rings. The van der Waals surface area contributed by atoms with Crippen LogP contribution >= 0.6 is 0 Å². The van der Waals surface area contributed by atoms with Crippen LogP contribution in [-0.2, 0) is 14.3 Å². The molecule has 1 aliphatic carbocycles. The standard InChI is InChI=1S/C16H17NO5/c1-22-16(21)12-8-4-5-9-13(12)17-14(18)10-6-2-3-7-11(10)15(19)20/h2-5,8-11H,6-7H2,1H3,(H,17,18)(H,19,20)/p-1. The van der Waals surface area contributed by atoms with Gasteiger partial charge in [0.15, 0.2) is 0 Å². The van der Waals surface area contributed by atoms with Gasteiger partial charge in [-0.05, 0) is 25.0 Å². The summed E-state index contributed by atoms with van der Waals surface area (Å²) in [4.78, 5) is 35.2. The van der Waals surface area contributed by atoms with Crippen LogP contribution in [0.5, 0.6) is 0 Å². The van der Waals surface area contributed by atoms with E-state index in [2.05, 4.69) is 10.1 Å². The summed E-state index contributed by atoms with van der Waals surface area (Å²) in [6.07, 6.45) is 4.09. The first-order valence-electron chi connectivity index (χ1n) is 6.88. The molecule has 2 rings (SSSR count). The fourth-order valence-corrected chi connectivity index (χ4v) is 2.47. The summed E-state index contributed by atoms with van der Waals surface area (Å²) in [5.41, 5.74) is 0.515. The highest BCUT2D eigenvalue weighted by atomic mass is 16.5. The third kappa shape index (κ3) is 3.33. The Hall–Kier alpha value is -2.63. The average molecular weight is 302 g/mol. The number of hydrogen-bond donors (Lipinski definition) is 1. The molecule has 2 atom stereocenters. The van der Waals surface area contributed by atoms with Gasteiger partial charge in [-0.2, -0.15) is 0 Å². The highest BCUT2D eigenvalue weighted by Crippen LogP contribution is 2.27.